The van der Waals surface area contributed by atoms with Crippen LogP contribution in [0.2, 0.25) is 0 Å². The van der Waals surface area contributed by atoms with Gasteiger partial charge in [-0.05, 0) is 44.4 Å². The van der Waals surface area contributed by atoms with Crippen molar-refractivity contribution in [3.63, 3.8) is 0 Å². The fraction of sp³-hybridized carbons (Fsp3) is 0.933. The van der Waals surface area contributed by atoms with E-state index in [-0.39, 0.29) is 17.0 Å². The van der Waals surface area contributed by atoms with Gasteiger partial charge in [-0.25, -0.2) is 8.42 Å². The Morgan fingerprint density at radius 2 is 1.70 bits per heavy atom. The summed E-state index contributed by atoms with van der Waals surface area (Å²) in [7, 11) is -2.99. The van der Waals surface area contributed by atoms with E-state index in [2.05, 4.69) is 13.8 Å². The average Bonchev–Trinajstić information content (AvgIpc) is 2.30. The SMILES string of the molecule is CCOC1(C(=O)CCCS(C)(=O)=O)CCC(C)(C)CC1. The van der Waals surface area contributed by atoms with E-state index in [1.807, 2.05) is 6.92 Å². The Labute approximate surface area is 123 Å². The lowest BCUT2D eigenvalue weighted by Gasteiger charge is -2.42. The fourth-order valence-corrected chi connectivity index (χ4v) is 3.50. The molecule has 0 unspecified atom stereocenters. The molecule has 0 aromatic heterocycles. The monoisotopic (exact) mass is 304 g/mol. The van der Waals surface area contributed by atoms with Crippen molar-refractivity contribution in [3.8, 4) is 0 Å². The van der Waals surface area contributed by atoms with Gasteiger partial charge in [-0.2, -0.15) is 0 Å². The van der Waals surface area contributed by atoms with Crippen molar-refractivity contribution >= 4 is 15.6 Å². The van der Waals surface area contributed by atoms with Crippen LogP contribution in [0.5, 0.6) is 0 Å². The number of hydrogen-bond acceptors (Lipinski definition) is 4. The van der Waals surface area contributed by atoms with E-state index >= 15 is 0 Å². The molecule has 20 heavy (non-hydrogen) atoms. The summed E-state index contributed by atoms with van der Waals surface area (Å²) < 4.78 is 28.1. The first-order valence-corrected chi connectivity index (χ1v) is 9.51. The van der Waals surface area contributed by atoms with Gasteiger partial charge in [-0.3, -0.25) is 4.79 Å². The van der Waals surface area contributed by atoms with Crippen molar-refractivity contribution < 1.29 is 17.9 Å². The molecule has 0 N–H and O–H groups in total. The van der Waals surface area contributed by atoms with Gasteiger partial charge < -0.3 is 4.74 Å². The van der Waals surface area contributed by atoms with E-state index in [0.717, 1.165) is 25.7 Å². The minimum Gasteiger partial charge on any atom is -0.368 e. The van der Waals surface area contributed by atoms with Crippen LogP contribution in [-0.2, 0) is 19.4 Å². The number of ether oxygens (including phenoxy) is 1. The zero-order chi connectivity index (χ0) is 15.4. The predicted octanol–water partition coefficient (Wildman–Crippen LogP) is 2.76. The Morgan fingerprint density at radius 1 is 1.15 bits per heavy atom. The van der Waals surface area contributed by atoms with Gasteiger partial charge in [0.1, 0.15) is 15.4 Å². The summed E-state index contributed by atoms with van der Waals surface area (Å²) in [6.07, 6.45) is 5.37. The normalized spacial score (nSPS) is 21.6. The topological polar surface area (TPSA) is 60.4 Å². The molecule has 0 aromatic carbocycles. The van der Waals surface area contributed by atoms with E-state index in [4.69, 9.17) is 4.74 Å². The van der Waals surface area contributed by atoms with Crippen molar-refractivity contribution in [1.29, 1.82) is 0 Å². The minimum absolute atomic E-state index is 0.0758. The number of carbonyl (C=O) groups is 1. The first kappa shape index (κ1) is 17.6. The van der Waals surface area contributed by atoms with E-state index in [9.17, 15) is 13.2 Å². The van der Waals surface area contributed by atoms with Crippen LogP contribution in [0.4, 0.5) is 0 Å². The lowest BCUT2D eigenvalue weighted by atomic mass is 9.69. The second-order valence-electron chi connectivity index (χ2n) is 6.75. The summed E-state index contributed by atoms with van der Waals surface area (Å²) in [5.74, 6) is 0.158. The molecule has 118 valence electrons. The van der Waals surface area contributed by atoms with E-state index in [1.54, 1.807) is 0 Å². The zero-order valence-corrected chi connectivity index (χ0v) is 14.0. The predicted molar refractivity (Wildman–Crippen MR) is 80.6 cm³/mol. The standard InChI is InChI=1S/C15H28O4S/c1-5-19-15(10-8-14(2,3)9-11-15)13(16)7-6-12-20(4,17)18/h5-12H2,1-4H3. The molecule has 4 nitrogen and oxygen atoms in total. The van der Waals surface area contributed by atoms with Crippen molar-refractivity contribution in [2.75, 3.05) is 18.6 Å². The number of rotatable bonds is 7. The highest BCUT2D eigenvalue weighted by molar-refractivity contribution is 7.90. The molecule has 0 heterocycles. The van der Waals surface area contributed by atoms with Gasteiger partial charge in [0.2, 0.25) is 0 Å². The molecule has 0 saturated heterocycles. The number of ketones is 1. The van der Waals surface area contributed by atoms with Gasteiger partial charge in [-0.15, -0.1) is 0 Å². The Bertz CT molecular complexity index is 427. The third-order valence-electron chi connectivity index (χ3n) is 4.26. The largest absolute Gasteiger partial charge is 0.368 e. The summed E-state index contributed by atoms with van der Waals surface area (Å²) in [5, 5.41) is 0. The number of hydrogen-bond donors (Lipinski definition) is 0. The smallest absolute Gasteiger partial charge is 0.164 e. The van der Waals surface area contributed by atoms with Crippen molar-refractivity contribution in [2.45, 2.75) is 64.9 Å². The molecule has 0 radical (unpaired) electrons. The molecule has 0 aromatic rings. The van der Waals surface area contributed by atoms with Crippen LogP contribution in [-0.4, -0.2) is 38.4 Å². The highest BCUT2D eigenvalue weighted by Crippen LogP contribution is 2.43. The van der Waals surface area contributed by atoms with Crippen LogP contribution in [0.1, 0.15) is 59.3 Å². The van der Waals surface area contributed by atoms with Gasteiger partial charge in [0.05, 0.1) is 5.75 Å². The van der Waals surface area contributed by atoms with Crippen molar-refractivity contribution in [1.82, 2.24) is 0 Å². The third-order valence-corrected chi connectivity index (χ3v) is 5.29. The maximum Gasteiger partial charge on any atom is 0.164 e. The maximum atomic E-state index is 12.5. The van der Waals surface area contributed by atoms with Gasteiger partial charge in [-0.1, -0.05) is 13.8 Å². The quantitative estimate of drug-likeness (QED) is 0.725. The third kappa shape index (κ3) is 5.17. The Balaban J connectivity index is 2.64. The number of Topliss-reactive ketones (excluding diaryl/α,β-unsaturated/α-hetero) is 1. The lowest BCUT2D eigenvalue weighted by Crippen LogP contribution is -2.46. The van der Waals surface area contributed by atoms with Crippen LogP contribution in [0.25, 0.3) is 0 Å². The summed E-state index contributed by atoms with van der Waals surface area (Å²) in [4.78, 5) is 12.5. The fourth-order valence-electron chi connectivity index (χ4n) is 2.83. The molecule has 0 aliphatic heterocycles. The summed E-state index contributed by atoms with van der Waals surface area (Å²) in [6.45, 7) is 6.87. The summed E-state index contributed by atoms with van der Waals surface area (Å²) in [5.41, 5.74) is -0.393. The molecule has 0 bridgehead atoms. The molecule has 0 spiro atoms. The van der Waals surface area contributed by atoms with Crippen LogP contribution < -0.4 is 0 Å². The van der Waals surface area contributed by atoms with E-state index < -0.39 is 15.4 Å². The van der Waals surface area contributed by atoms with Crippen molar-refractivity contribution in [3.05, 3.63) is 0 Å². The zero-order valence-electron chi connectivity index (χ0n) is 13.2. The minimum atomic E-state index is -2.99. The first-order chi connectivity index (χ1) is 9.10. The first-order valence-electron chi connectivity index (χ1n) is 7.45. The molecule has 1 aliphatic carbocycles. The number of sulfone groups is 1. The summed E-state index contributed by atoms with van der Waals surface area (Å²) in [6, 6.07) is 0. The number of carbonyl (C=O) groups excluding carboxylic acids is 1. The highest BCUT2D eigenvalue weighted by Gasteiger charge is 2.43. The Hall–Kier alpha value is -0.420. The second-order valence-corrected chi connectivity index (χ2v) is 9.01. The van der Waals surface area contributed by atoms with Gasteiger partial charge in [0.25, 0.3) is 0 Å². The molecule has 1 aliphatic rings. The Morgan fingerprint density at radius 3 is 2.15 bits per heavy atom. The van der Waals surface area contributed by atoms with Crippen molar-refractivity contribution in [2.24, 2.45) is 5.41 Å². The maximum absolute atomic E-state index is 12.5. The highest BCUT2D eigenvalue weighted by atomic mass is 32.2. The van der Waals surface area contributed by atoms with Crippen LogP contribution in [0, 0.1) is 5.41 Å². The van der Waals surface area contributed by atoms with E-state index in [1.165, 1.54) is 6.26 Å². The lowest BCUT2D eigenvalue weighted by molar-refractivity contribution is -0.152. The molecule has 0 atom stereocenters. The second kappa shape index (κ2) is 6.56. The van der Waals surface area contributed by atoms with Gasteiger partial charge in [0.15, 0.2) is 5.78 Å². The average molecular weight is 304 g/mol. The van der Waals surface area contributed by atoms with Gasteiger partial charge >= 0.3 is 0 Å². The molecular formula is C15H28O4S. The van der Waals surface area contributed by atoms with Crippen LogP contribution >= 0.6 is 0 Å². The molecule has 1 fully saturated rings. The molecule has 5 heteroatoms. The molecule has 1 saturated carbocycles. The van der Waals surface area contributed by atoms with E-state index in [0.29, 0.717) is 19.4 Å². The van der Waals surface area contributed by atoms with Gasteiger partial charge in [0, 0.05) is 19.3 Å². The Kier molecular flexibility index (Phi) is 5.79. The van der Waals surface area contributed by atoms with Crippen LogP contribution in [0.3, 0.4) is 0 Å². The molecule has 1 rings (SSSR count). The summed E-state index contributed by atoms with van der Waals surface area (Å²) >= 11 is 0. The molecular weight excluding hydrogens is 276 g/mol. The van der Waals surface area contributed by atoms with Crippen LogP contribution in [0.15, 0.2) is 0 Å². The molecule has 0 amide bonds.